The van der Waals surface area contributed by atoms with Gasteiger partial charge in [0.15, 0.2) is 0 Å². The number of hydrogen-bond acceptors (Lipinski definition) is 6. The highest BCUT2D eigenvalue weighted by molar-refractivity contribution is 7.89. The minimum atomic E-state index is -3.94. The Morgan fingerprint density at radius 3 is 2.45 bits per heavy atom. The Morgan fingerprint density at radius 1 is 1.21 bits per heavy atom. The third-order valence-electron chi connectivity index (χ3n) is 3.98. The molecule has 8 nitrogen and oxygen atoms in total. The van der Waals surface area contributed by atoms with Gasteiger partial charge in [-0.3, -0.25) is 15.5 Å². The Kier molecular flexibility index (Phi) is 7.89. The van der Waals surface area contributed by atoms with Gasteiger partial charge in [-0.2, -0.15) is 9.41 Å². The number of nitrogens with zero attached hydrogens (tertiary/aromatic N) is 3. The molecule has 0 radical (unpaired) electrons. The zero-order chi connectivity index (χ0) is 21.4. The van der Waals surface area contributed by atoms with Gasteiger partial charge in [0.2, 0.25) is 10.0 Å². The molecular weight excluding hydrogens is 416 g/mol. The van der Waals surface area contributed by atoms with Crippen LogP contribution in [0, 0.1) is 10.1 Å². The Morgan fingerprint density at radius 2 is 1.86 bits per heavy atom. The molecule has 1 N–H and O–H groups in total. The van der Waals surface area contributed by atoms with Crippen LogP contribution in [0.5, 0.6) is 0 Å². The number of halogens is 1. The maximum atomic E-state index is 12.9. The molecule has 0 aliphatic heterocycles. The predicted molar refractivity (Wildman–Crippen MR) is 116 cm³/mol. The quantitative estimate of drug-likeness (QED) is 0.358. The number of nitro benzene ring substituents is 1. The van der Waals surface area contributed by atoms with Crippen LogP contribution in [0.4, 0.5) is 11.4 Å². The van der Waals surface area contributed by atoms with Crippen molar-refractivity contribution in [3.63, 3.8) is 0 Å². The second kappa shape index (κ2) is 10.1. The molecule has 2 aromatic rings. The fourth-order valence-electron chi connectivity index (χ4n) is 2.54. The van der Waals surface area contributed by atoms with Gasteiger partial charge in [-0.1, -0.05) is 55.8 Å². The van der Waals surface area contributed by atoms with Crippen molar-refractivity contribution in [3.8, 4) is 0 Å². The van der Waals surface area contributed by atoms with Crippen molar-refractivity contribution < 1.29 is 13.3 Å². The monoisotopic (exact) mass is 436 g/mol. The highest BCUT2D eigenvalue weighted by atomic mass is 35.5. The maximum absolute atomic E-state index is 12.9. The molecule has 0 heterocycles. The molecule has 0 fully saturated rings. The van der Waals surface area contributed by atoms with Crippen LogP contribution in [0.1, 0.15) is 19.4 Å². The van der Waals surface area contributed by atoms with E-state index in [9.17, 15) is 18.5 Å². The minimum absolute atomic E-state index is 0.114. The van der Waals surface area contributed by atoms with Gasteiger partial charge in [0.1, 0.15) is 4.90 Å². The van der Waals surface area contributed by atoms with E-state index in [2.05, 4.69) is 10.5 Å². The Hall–Kier alpha value is -2.75. The van der Waals surface area contributed by atoms with E-state index in [-0.39, 0.29) is 29.4 Å². The van der Waals surface area contributed by atoms with E-state index in [0.29, 0.717) is 5.03 Å². The SMILES string of the molecule is CCN(CC)S(=O)(=O)c1cc([N+](=O)[O-])ccc1NN=CC(Cl)=Cc1ccccc1. The third kappa shape index (κ3) is 5.86. The summed E-state index contributed by atoms with van der Waals surface area (Å²) in [7, 11) is -3.94. The molecule has 0 bridgehead atoms. The molecule has 2 rings (SSSR count). The Labute approximate surface area is 174 Å². The fourth-order valence-corrected chi connectivity index (χ4v) is 4.34. The normalized spacial score (nSPS) is 12.5. The lowest BCUT2D eigenvalue weighted by molar-refractivity contribution is -0.385. The summed E-state index contributed by atoms with van der Waals surface area (Å²) in [6.45, 7) is 3.85. The smallest absolute Gasteiger partial charge is 0.270 e. The van der Waals surface area contributed by atoms with Crippen molar-refractivity contribution in [2.75, 3.05) is 18.5 Å². The number of hydrazone groups is 1. The molecule has 0 unspecified atom stereocenters. The average molecular weight is 437 g/mol. The van der Waals surface area contributed by atoms with Gasteiger partial charge in [0.25, 0.3) is 5.69 Å². The van der Waals surface area contributed by atoms with Crippen LogP contribution in [0.2, 0.25) is 0 Å². The van der Waals surface area contributed by atoms with E-state index in [0.717, 1.165) is 11.6 Å². The molecule has 0 saturated heterocycles. The molecule has 10 heteroatoms. The fraction of sp³-hybridized carbons (Fsp3) is 0.211. The average Bonchev–Trinajstić information content (AvgIpc) is 2.69. The number of sulfonamides is 1. The molecule has 29 heavy (non-hydrogen) atoms. The zero-order valence-corrected chi connectivity index (χ0v) is 17.5. The van der Waals surface area contributed by atoms with E-state index in [4.69, 9.17) is 11.6 Å². The molecule has 0 aliphatic rings. The van der Waals surface area contributed by atoms with Crippen molar-refractivity contribution in [2.45, 2.75) is 18.7 Å². The summed E-state index contributed by atoms with van der Waals surface area (Å²) in [5.41, 5.74) is 3.29. The van der Waals surface area contributed by atoms with E-state index in [1.165, 1.54) is 22.7 Å². The van der Waals surface area contributed by atoms with E-state index in [1.54, 1.807) is 19.9 Å². The predicted octanol–water partition coefficient (Wildman–Crippen LogP) is 4.30. The Bertz CT molecular complexity index is 1020. The minimum Gasteiger partial charge on any atom is -0.277 e. The van der Waals surface area contributed by atoms with Crippen LogP contribution < -0.4 is 5.43 Å². The van der Waals surface area contributed by atoms with Gasteiger partial charge in [0, 0.05) is 25.2 Å². The summed E-state index contributed by atoms with van der Waals surface area (Å²) < 4.78 is 27.0. The van der Waals surface area contributed by atoms with Gasteiger partial charge < -0.3 is 0 Å². The standard InChI is InChI=1S/C19H21ClN4O4S/c1-3-23(4-2)29(27,28)19-13-17(24(25)26)10-11-18(19)22-21-14-16(20)12-15-8-6-5-7-9-15/h5-14,22H,3-4H2,1-2H3. The number of nitrogens with one attached hydrogen (secondary N) is 1. The zero-order valence-electron chi connectivity index (χ0n) is 15.9. The molecule has 154 valence electrons. The topological polar surface area (TPSA) is 105 Å². The van der Waals surface area contributed by atoms with Crippen molar-refractivity contribution in [1.29, 1.82) is 0 Å². The van der Waals surface area contributed by atoms with Gasteiger partial charge >= 0.3 is 0 Å². The summed E-state index contributed by atoms with van der Waals surface area (Å²) in [5, 5.41) is 15.4. The van der Waals surface area contributed by atoms with Crippen LogP contribution in [0.15, 0.2) is 63.6 Å². The van der Waals surface area contributed by atoms with Crippen molar-refractivity contribution in [1.82, 2.24) is 4.31 Å². The second-order valence-corrected chi connectivity index (χ2v) is 8.18. The van der Waals surface area contributed by atoms with Crippen molar-refractivity contribution in [3.05, 3.63) is 69.2 Å². The number of nitro groups is 1. The summed E-state index contributed by atoms with van der Waals surface area (Å²) >= 11 is 6.13. The first-order valence-electron chi connectivity index (χ1n) is 8.79. The number of hydrogen-bond donors (Lipinski definition) is 1. The maximum Gasteiger partial charge on any atom is 0.270 e. The van der Waals surface area contributed by atoms with Crippen LogP contribution in [0.3, 0.4) is 0 Å². The van der Waals surface area contributed by atoms with Gasteiger partial charge in [-0.25, -0.2) is 8.42 Å². The molecule has 0 spiro atoms. The van der Waals surface area contributed by atoms with Crippen LogP contribution in [0.25, 0.3) is 6.08 Å². The molecule has 0 aromatic heterocycles. The molecule has 0 amide bonds. The summed E-state index contributed by atoms with van der Waals surface area (Å²) in [6.07, 6.45) is 3.01. The van der Waals surface area contributed by atoms with E-state index < -0.39 is 14.9 Å². The summed E-state index contributed by atoms with van der Waals surface area (Å²) in [5.74, 6) is 0. The highest BCUT2D eigenvalue weighted by Crippen LogP contribution is 2.29. The summed E-state index contributed by atoms with van der Waals surface area (Å²) in [6, 6.07) is 12.9. The number of benzene rings is 2. The van der Waals surface area contributed by atoms with Gasteiger partial charge in [0.05, 0.1) is 21.9 Å². The van der Waals surface area contributed by atoms with Crippen LogP contribution in [-0.2, 0) is 10.0 Å². The van der Waals surface area contributed by atoms with Crippen LogP contribution >= 0.6 is 11.6 Å². The van der Waals surface area contributed by atoms with Gasteiger partial charge in [-0.05, 0) is 17.7 Å². The number of rotatable bonds is 9. The molecular formula is C19H21ClN4O4S. The number of non-ortho nitro benzene ring substituents is 1. The lowest BCUT2D eigenvalue weighted by Gasteiger charge is -2.20. The molecule has 0 atom stereocenters. The van der Waals surface area contributed by atoms with Crippen molar-refractivity contribution in [2.24, 2.45) is 5.10 Å². The highest BCUT2D eigenvalue weighted by Gasteiger charge is 2.27. The second-order valence-electron chi connectivity index (χ2n) is 5.84. The van der Waals surface area contributed by atoms with Crippen molar-refractivity contribution >= 4 is 45.3 Å². The van der Waals surface area contributed by atoms with Gasteiger partial charge in [-0.15, -0.1) is 0 Å². The van der Waals surface area contributed by atoms with E-state index >= 15 is 0 Å². The lowest BCUT2D eigenvalue weighted by Crippen LogP contribution is -2.31. The largest absolute Gasteiger partial charge is 0.277 e. The summed E-state index contributed by atoms with van der Waals surface area (Å²) in [4.78, 5) is 10.2. The van der Waals surface area contributed by atoms with E-state index in [1.807, 2.05) is 30.3 Å². The molecule has 0 aliphatic carbocycles. The first-order valence-corrected chi connectivity index (χ1v) is 10.6. The first-order chi connectivity index (χ1) is 13.8. The first kappa shape index (κ1) is 22.5. The lowest BCUT2D eigenvalue weighted by atomic mass is 10.2. The Balaban J connectivity index is 2.35. The molecule has 2 aromatic carbocycles. The number of anilines is 1. The third-order valence-corrected chi connectivity index (χ3v) is 6.27. The molecule has 0 saturated carbocycles. The number of allylic oxidation sites excluding steroid dienone is 1. The van der Waals surface area contributed by atoms with Crippen LogP contribution in [-0.4, -0.2) is 37.0 Å².